The van der Waals surface area contributed by atoms with Crippen LogP contribution in [0.4, 0.5) is 5.69 Å². The first kappa shape index (κ1) is 11.8. The lowest BCUT2D eigenvalue weighted by atomic mass is 10.2. The van der Waals surface area contributed by atoms with Crippen LogP contribution in [0.25, 0.3) is 0 Å². The van der Waals surface area contributed by atoms with Crippen LogP contribution in [0.3, 0.4) is 0 Å². The maximum Gasteiger partial charge on any atom is 0.337 e. The third kappa shape index (κ3) is 3.11. The molecular weight excluding hydrogens is 241 g/mol. The van der Waals surface area contributed by atoms with E-state index in [1.54, 1.807) is 12.1 Å². The highest BCUT2D eigenvalue weighted by Crippen LogP contribution is 2.16. The number of benzene rings is 1. The molecule has 0 spiro atoms. The van der Waals surface area contributed by atoms with Crippen LogP contribution < -0.4 is 5.32 Å². The predicted molar refractivity (Wildman–Crippen MR) is 57.5 cm³/mol. The van der Waals surface area contributed by atoms with Crippen molar-refractivity contribution in [3.05, 3.63) is 29.8 Å². The second-order valence-corrected chi connectivity index (χ2v) is 3.74. The summed E-state index contributed by atoms with van der Waals surface area (Å²) in [4.78, 5) is 20.6. The molecule has 0 bridgehead atoms. The van der Waals surface area contributed by atoms with Gasteiger partial charge in [0.1, 0.15) is 0 Å². The second-order valence-electron chi connectivity index (χ2n) is 2.64. The van der Waals surface area contributed by atoms with Crippen LogP contribution >= 0.6 is 23.2 Å². The average molecular weight is 248 g/mol. The SMILES string of the molecule is O=C(O)c1ccccc1NC(=O)C(Cl)Cl. The number of carbonyl (C=O) groups is 2. The Hall–Kier alpha value is -1.26. The van der Waals surface area contributed by atoms with E-state index in [4.69, 9.17) is 28.3 Å². The van der Waals surface area contributed by atoms with Gasteiger partial charge in [-0.2, -0.15) is 0 Å². The lowest BCUT2D eigenvalue weighted by Gasteiger charge is -2.07. The standard InChI is InChI=1S/C9H7Cl2NO3/c10-7(11)8(13)12-6-4-2-1-3-5(6)9(14)15/h1-4,7H,(H,12,13)(H,14,15). The van der Waals surface area contributed by atoms with Crippen LogP contribution in [0.1, 0.15) is 10.4 Å². The predicted octanol–water partition coefficient (Wildman–Crippen LogP) is 2.13. The van der Waals surface area contributed by atoms with Crippen molar-refractivity contribution in [1.82, 2.24) is 0 Å². The number of para-hydroxylation sites is 1. The Morgan fingerprint density at radius 2 is 1.87 bits per heavy atom. The Bertz CT molecular complexity index is 393. The molecule has 15 heavy (non-hydrogen) atoms. The monoisotopic (exact) mass is 247 g/mol. The number of hydrogen-bond donors (Lipinski definition) is 2. The lowest BCUT2D eigenvalue weighted by Crippen LogP contribution is -2.20. The van der Waals surface area contributed by atoms with Crippen molar-refractivity contribution in [2.75, 3.05) is 5.32 Å². The van der Waals surface area contributed by atoms with E-state index in [-0.39, 0.29) is 11.3 Å². The second kappa shape index (κ2) is 5.00. The van der Waals surface area contributed by atoms with Crippen LogP contribution in [0, 0.1) is 0 Å². The Kier molecular flexibility index (Phi) is 3.94. The number of carboxylic acid groups (broad SMARTS) is 1. The Balaban J connectivity index is 2.94. The fourth-order valence-electron chi connectivity index (χ4n) is 0.966. The maximum absolute atomic E-state index is 11.1. The first-order valence-electron chi connectivity index (χ1n) is 3.93. The van der Waals surface area contributed by atoms with Crippen molar-refractivity contribution in [3.63, 3.8) is 0 Å². The van der Waals surface area contributed by atoms with Crippen molar-refractivity contribution in [2.24, 2.45) is 0 Å². The molecule has 4 nitrogen and oxygen atoms in total. The van der Waals surface area contributed by atoms with Crippen molar-refractivity contribution in [1.29, 1.82) is 0 Å². The van der Waals surface area contributed by atoms with E-state index in [1.807, 2.05) is 0 Å². The number of nitrogens with one attached hydrogen (secondary N) is 1. The zero-order valence-electron chi connectivity index (χ0n) is 7.41. The van der Waals surface area contributed by atoms with E-state index in [0.29, 0.717) is 0 Å². The van der Waals surface area contributed by atoms with Gasteiger partial charge in [-0.3, -0.25) is 4.79 Å². The number of aromatic carboxylic acids is 1. The van der Waals surface area contributed by atoms with Gasteiger partial charge >= 0.3 is 5.97 Å². The van der Waals surface area contributed by atoms with Crippen LogP contribution in [-0.2, 0) is 4.79 Å². The van der Waals surface area contributed by atoms with E-state index in [0.717, 1.165) is 0 Å². The van der Waals surface area contributed by atoms with E-state index in [2.05, 4.69) is 5.32 Å². The summed E-state index contributed by atoms with van der Waals surface area (Å²) in [7, 11) is 0. The van der Waals surface area contributed by atoms with Gasteiger partial charge in [-0.1, -0.05) is 35.3 Å². The van der Waals surface area contributed by atoms with Crippen molar-refractivity contribution >= 4 is 40.8 Å². The van der Waals surface area contributed by atoms with E-state index in [9.17, 15) is 9.59 Å². The molecule has 2 N–H and O–H groups in total. The van der Waals surface area contributed by atoms with Gasteiger partial charge in [-0.05, 0) is 12.1 Å². The molecule has 0 unspecified atom stereocenters. The third-order valence-corrected chi connectivity index (χ3v) is 2.01. The molecule has 0 saturated heterocycles. The van der Waals surface area contributed by atoms with Crippen LogP contribution in [0.2, 0.25) is 0 Å². The highest BCUT2D eigenvalue weighted by molar-refractivity contribution is 6.54. The summed E-state index contributed by atoms with van der Waals surface area (Å²) in [6.45, 7) is 0. The van der Waals surface area contributed by atoms with Crippen molar-refractivity contribution < 1.29 is 14.7 Å². The van der Waals surface area contributed by atoms with E-state index >= 15 is 0 Å². The molecule has 0 aromatic heterocycles. The lowest BCUT2D eigenvalue weighted by molar-refractivity contribution is -0.114. The minimum Gasteiger partial charge on any atom is -0.478 e. The minimum absolute atomic E-state index is 0.0140. The number of hydrogen-bond acceptors (Lipinski definition) is 2. The minimum atomic E-state index is -1.23. The van der Waals surface area contributed by atoms with Gasteiger partial charge in [-0.25, -0.2) is 4.79 Å². The maximum atomic E-state index is 11.1. The molecule has 0 heterocycles. The number of amides is 1. The number of rotatable bonds is 3. The van der Waals surface area contributed by atoms with Gasteiger partial charge in [0.15, 0.2) is 4.84 Å². The number of anilines is 1. The summed E-state index contributed by atoms with van der Waals surface area (Å²) in [6.07, 6.45) is 0. The highest BCUT2D eigenvalue weighted by Gasteiger charge is 2.15. The summed E-state index contributed by atoms with van der Waals surface area (Å²) in [5.74, 6) is -1.79. The fourth-order valence-corrected chi connectivity index (χ4v) is 1.08. The largest absolute Gasteiger partial charge is 0.478 e. The molecule has 0 atom stereocenters. The molecule has 0 aliphatic carbocycles. The zero-order chi connectivity index (χ0) is 11.4. The topological polar surface area (TPSA) is 66.4 Å². The van der Waals surface area contributed by atoms with E-state index < -0.39 is 16.7 Å². The smallest absolute Gasteiger partial charge is 0.337 e. The van der Waals surface area contributed by atoms with E-state index in [1.165, 1.54) is 12.1 Å². The molecule has 1 rings (SSSR count). The molecule has 1 aromatic carbocycles. The molecule has 0 radical (unpaired) electrons. The number of alkyl halides is 2. The molecule has 80 valence electrons. The number of halogens is 2. The van der Waals surface area contributed by atoms with Crippen LogP contribution in [0.5, 0.6) is 0 Å². The average Bonchev–Trinajstić information content (AvgIpc) is 2.18. The van der Waals surface area contributed by atoms with Crippen molar-refractivity contribution in [3.8, 4) is 0 Å². The van der Waals surface area contributed by atoms with Gasteiger partial charge in [0.05, 0.1) is 11.3 Å². The summed E-state index contributed by atoms with van der Waals surface area (Å²) in [5.41, 5.74) is 0.154. The molecular formula is C9H7Cl2NO3. The molecule has 0 saturated carbocycles. The van der Waals surface area contributed by atoms with Gasteiger partial charge < -0.3 is 10.4 Å². The molecule has 0 aliphatic rings. The fraction of sp³-hybridized carbons (Fsp3) is 0.111. The van der Waals surface area contributed by atoms with Gasteiger partial charge in [0.2, 0.25) is 0 Å². The Labute approximate surface area is 95.8 Å². The Morgan fingerprint density at radius 3 is 2.40 bits per heavy atom. The molecule has 6 heteroatoms. The normalized spacial score (nSPS) is 10.1. The van der Waals surface area contributed by atoms with Gasteiger partial charge in [0.25, 0.3) is 5.91 Å². The summed E-state index contributed by atoms with van der Waals surface area (Å²) in [5, 5.41) is 11.1. The summed E-state index contributed by atoms with van der Waals surface area (Å²) >= 11 is 10.6. The first-order valence-corrected chi connectivity index (χ1v) is 4.81. The number of carbonyl (C=O) groups excluding carboxylic acids is 1. The van der Waals surface area contributed by atoms with Crippen molar-refractivity contribution in [2.45, 2.75) is 4.84 Å². The molecule has 0 aliphatic heterocycles. The van der Waals surface area contributed by atoms with Crippen LogP contribution in [0.15, 0.2) is 24.3 Å². The molecule has 1 amide bonds. The molecule has 0 fully saturated rings. The summed E-state index contributed by atoms with van der Waals surface area (Å²) in [6, 6.07) is 5.98. The van der Waals surface area contributed by atoms with Gasteiger partial charge in [-0.15, -0.1) is 0 Å². The quantitative estimate of drug-likeness (QED) is 0.805. The Morgan fingerprint density at radius 1 is 1.27 bits per heavy atom. The van der Waals surface area contributed by atoms with Crippen LogP contribution in [-0.4, -0.2) is 21.8 Å². The molecule has 1 aromatic rings. The third-order valence-electron chi connectivity index (χ3n) is 1.61. The summed E-state index contributed by atoms with van der Waals surface area (Å²) < 4.78 is 0. The highest BCUT2D eigenvalue weighted by atomic mass is 35.5. The van der Waals surface area contributed by atoms with Gasteiger partial charge in [0, 0.05) is 0 Å². The first-order chi connectivity index (χ1) is 7.02. The number of carboxylic acids is 1. The zero-order valence-corrected chi connectivity index (χ0v) is 8.92.